The van der Waals surface area contributed by atoms with Gasteiger partial charge in [0.2, 0.25) is 0 Å². The summed E-state index contributed by atoms with van der Waals surface area (Å²) in [6.07, 6.45) is 1.53. The fourth-order valence-electron chi connectivity index (χ4n) is 6.45. The van der Waals surface area contributed by atoms with Crippen molar-refractivity contribution in [2.24, 2.45) is 7.05 Å². The molecule has 2 heterocycles. The molecule has 260 valence electrons. The van der Waals surface area contributed by atoms with E-state index >= 15 is 0 Å². The molecule has 5 rings (SSSR count). The van der Waals surface area contributed by atoms with Gasteiger partial charge in [-0.1, -0.05) is 70.5 Å². The van der Waals surface area contributed by atoms with Crippen LogP contribution in [-0.2, 0) is 34.8 Å². The fraction of sp³-hybridized carbons (Fsp3) is 0.410. The molecule has 0 unspecified atom stereocenters. The van der Waals surface area contributed by atoms with Crippen LogP contribution in [0.4, 0.5) is 4.79 Å². The van der Waals surface area contributed by atoms with Gasteiger partial charge in [0.15, 0.2) is 0 Å². The number of hydrogen-bond acceptors (Lipinski definition) is 6. The van der Waals surface area contributed by atoms with Gasteiger partial charge >= 0.3 is 12.1 Å². The quantitative estimate of drug-likeness (QED) is 0.0684. The number of aromatic nitrogens is 3. The molecule has 0 aliphatic rings. The number of nitrogens with zero attached hydrogens (tertiary/aromatic N) is 4. The minimum Gasteiger partial charge on any atom is -0.493 e. The monoisotopic (exact) mass is 730 g/mol. The van der Waals surface area contributed by atoms with Crippen LogP contribution in [0.2, 0.25) is 0 Å². The van der Waals surface area contributed by atoms with Crippen molar-refractivity contribution in [1.82, 2.24) is 19.2 Å². The van der Waals surface area contributed by atoms with Gasteiger partial charge in [0.05, 0.1) is 30.1 Å². The first-order chi connectivity index (χ1) is 23.4. The number of amides is 1. The Morgan fingerprint density at radius 3 is 2.43 bits per heavy atom. The Morgan fingerprint density at radius 2 is 1.69 bits per heavy atom. The number of rotatable bonds is 13. The molecule has 3 aromatic carbocycles. The molecule has 0 fully saturated rings. The second-order valence-corrected chi connectivity index (χ2v) is 13.8. The van der Waals surface area contributed by atoms with Crippen molar-refractivity contribution < 1.29 is 23.8 Å². The largest absolute Gasteiger partial charge is 0.493 e. The number of carbonyl (C=O) groups excluding carboxylic acids is 2. The Hall–Kier alpha value is -4.31. The van der Waals surface area contributed by atoms with E-state index < -0.39 is 5.60 Å². The molecule has 49 heavy (non-hydrogen) atoms. The Bertz CT molecular complexity index is 1950. The van der Waals surface area contributed by atoms with Crippen molar-refractivity contribution in [2.45, 2.75) is 71.4 Å². The van der Waals surface area contributed by atoms with Crippen molar-refractivity contribution in [3.8, 4) is 16.9 Å². The van der Waals surface area contributed by atoms with Gasteiger partial charge in [-0.2, -0.15) is 5.10 Å². The molecule has 5 aromatic rings. The lowest BCUT2D eigenvalue weighted by Gasteiger charge is -2.24. The molecule has 0 bridgehead atoms. The van der Waals surface area contributed by atoms with Gasteiger partial charge in [-0.05, 0) is 70.9 Å². The first kappa shape index (κ1) is 36.0. The third-order valence-corrected chi connectivity index (χ3v) is 9.08. The maximum atomic E-state index is 13.9. The summed E-state index contributed by atoms with van der Waals surface area (Å²) in [5.74, 6) is 0.482. The standard InChI is InChI=1S/C39H47BrN4O5/c1-8-47-37(45)36-30(20-13-24-48-33-21-11-16-27-15-9-10-17-28(27)33)29-18-12-19-31(34-26(2)41-43(7)32(34)25-40)35(29)44(36)23-14-22-42(6)38(46)49-39(3,4)5/h9-12,15-19,21H,8,13-14,20,22-25H2,1-7H3. The van der Waals surface area contributed by atoms with Crippen LogP contribution in [0.25, 0.3) is 32.8 Å². The van der Waals surface area contributed by atoms with Gasteiger partial charge in [0.1, 0.15) is 17.0 Å². The van der Waals surface area contributed by atoms with Gasteiger partial charge in [-0.15, -0.1) is 0 Å². The van der Waals surface area contributed by atoms with Crippen LogP contribution < -0.4 is 4.74 Å². The van der Waals surface area contributed by atoms with Crippen LogP contribution in [0.1, 0.15) is 68.0 Å². The summed E-state index contributed by atoms with van der Waals surface area (Å²) in [5.41, 5.74) is 5.83. The van der Waals surface area contributed by atoms with Crippen LogP contribution in [0.5, 0.6) is 5.75 Å². The number of hydrogen-bond donors (Lipinski definition) is 0. The summed E-state index contributed by atoms with van der Waals surface area (Å²) in [4.78, 5) is 28.2. The molecule has 0 saturated carbocycles. The topological polar surface area (TPSA) is 87.8 Å². The SMILES string of the molecule is CCOC(=O)c1c(CCCOc2cccc3ccccc23)c2cccc(-c3c(C)nn(C)c3CBr)c2n1CCCN(C)C(=O)OC(C)(C)C. The third-order valence-electron chi connectivity index (χ3n) is 8.55. The second kappa shape index (κ2) is 15.5. The lowest BCUT2D eigenvalue weighted by Crippen LogP contribution is -2.35. The van der Waals surface area contributed by atoms with Gasteiger partial charge in [0.25, 0.3) is 0 Å². The number of alkyl halides is 1. The van der Waals surface area contributed by atoms with E-state index in [0.717, 1.165) is 55.5 Å². The van der Waals surface area contributed by atoms with E-state index in [-0.39, 0.29) is 18.7 Å². The van der Waals surface area contributed by atoms with Gasteiger partial charge < -0.3 is 23.7 Å². The Labute approximate surface area is 297 Å². The van der Waals surface area contributed by atoms with Crippen LogP contribution in [0, 0.1) is 6.92 Å². The molecule has 2 aromatic heterocycles. The minimum absolute atomic E-state index is 0.258. The number of halogens is 1. The summed E-state index contributed by atoms with van der Waals surface area (Å²) in [7, 11) is 3.69. The van der Waals surface area contributed by atoms with Gasteiger partial charge in [0, 0.05) is 54.4 Å². The van der Waals surface area contributed by atoms with Crippen LogP contribution >= 0.6 is 15.9 Å². The Morgan fingerprint density at radius 1 is 0.980 bits per heavy atom. The van der Waals surface area contributed by atoms with Crippen LogP contribution in [0.15, 0.2) is 60.7 Å². The summed E-state index contributed by atoms with van der Waals surface area (Å²) < 4.78 is 21.6. The van der Waals surface area contributed by atoms with Crippen molar-refractivity contribution in [2.75, 3.05) is 26.8 Å². The predicted octanol–water partition coefficient (Wildman–Crippen LogP) is 8.84. The normalized spacial score (nSPS) is 11.7. The van der Waals surface area contributed by atoms with Crippen molar-refractivity contribution in [3.05, 3.63) is 83.3 Å². The summed E-state index contributed by atoms with van der Waals surface area (Å²) >= 11 is 3.68. The molecule has 1 amide bonds. The van der Waals surface area contributed by atoms with Crippen molar-refractivity contribution in [3.63, 3.8) is 0 Å². The maximum Gasteiger partial charge on any atom is 0.410 e. The summed E-state index contributed by atoms with van der Waals surface area (Å²) in [5, 5.41) is 8.57. The highest BCUT2D eigenvalue weighted by atomic mass is 79.9. The van der Waals surface area contributed by atoms with E-state index in [1.54, 1.807) is 11.9 Å². The fourth-order valence-corrected chi connectivity index (χ4v) is 7.09. The van der Waals surface area contributed by atoms with E-state index in [9.17, 15) is 9.59 Å². The average molecular weight is 732 g/mol. The molecule has 0 aliphatic heterocycles. The zero-order chi connectivity index (χ0) is 35.3. The maximum absolute atomic E-state index is 13.9. The molecule has 10 heteroatoms. The molecule has 0 atom stereocenters. The third kappa shape index (κ3) is 7.96. The van der Waals surface area contributed by atoms with Crippen molar-refractivity contribution in [1.29, 1.82) is 0 Å². The summed E-state index contributed by atoms with van der Waals surface area (Å²) in [6.45, 7) is 11.1. The highest BCUT2D eigenvalue weighted by Crippen LogP contribution is 2.39. The lowest BCUT2D eigenvalue weighted by atomic mass is 9.98. The Balaban J connectivity index is 1.54. The summed E-state index contributed by atoms with van der Waals surface area (Å²) in [6, 6.07) is 20.5. The highest BCUT2D eigenvalue weighted by Gasteiger charge is 2.28. The first-order valence-corrected chi connectivity index (χ1v) is 18.0. The molecule has 0 aliphatic carbocycles. The van der Waals surface area contributed by atoms with Gasteiger partial charge in [-0.25, -0.2) is 9.59 Å². The minimum atomic E-state index is -0.588. The van der Waals surface area contributed by atoms with E-state index in [0.29, 0.717) is 50.0 Å². The zero-order valence-electron chi connectivity index (χ0n) is 29.6. The van der Waals surface area contributed by atoms with E-state index in [4.69, 9.17) is 19.3 Å². The molecule has 0 saturated heterocycles. The van der Waals surface area contributed by atoms with Crippen LogP contribution in [-0.4, -0.2) is 63.7 Å². The van der Waals surface area contributed by atoms with Gasteiger partial charge in [-0.3, -0.25) is 4.68 Å². The van der Waals surface area contributed by atoms with Crippen LogP contribution in [0.3, 0.4) is 0 Å². The number of esters is 1. The predicted molar refractivity (Wildman–Crippen MR) is 199 cm³/mol. The van der Waals surface area contributed by atoms with E-state index in [1.165, 1.54) is 0 Å². The molecule has 0 radical (unpaired) electrons. The number of aryl methyl sites for hydroxylation is 4. The lowest BCUT2D eigenvalue weighted by molar-refractivity contribution is 0.0294. The molecular weight excluding hydrogens is 684 g/mol. The molecule has 0 N–H and O–H groups in total. The Kier molecular flexibility index (Phi) is 11.4. The zero-order valence-corrected chi connectivity index (χ0v) is 31.2. The van der Waals surface area contributed by atoms with E-state index in [2.05, 4.69) is 50.8 Å². The number of para-hydroxylation sites is 1. The number of carbonyl (C=O) groups is 2. The highest BCUT2D eigenvalue weighted by molar-refractivity contribution is 9.08. The first-order valence-electron chi connectivity index (χ1n) is 16.9. The second-order valence-electron chi connectivity index (χ2n) is 13.3. The molecular formula is C39H47BrN4O5. The number of ether oxygens (including phenoxy) is 3. The van der Waals surface area contributed by atoms with Crippen molar-refractivity contribution >= 4 is 49.7 Å². The number of fused-ring (bicyclic) bond motifs is 2. The molecule has 9 nitrogen and oxygen atoms in total. The average Bonchev–Trinajstić information content (AvgIpc) is 3.54. The smallest absolute Gasteiger partial charge is 0.410 e. The number of benzene rings is 3. The molecule has 0 spiro atoms. The van der Waals surface area contributed by atoms with E-state index in [1.807, 2.05) is 76.7 Å².